The lowest BCUT2D eigenvalue weighted by Crippen LogP contribution is -2.48. The second-order valence-corrected chi connectivity index (χ2v) is 11.9. The van der Waals surface area contributed by atoms with E-state index < -0.39 is 24.3 Å². The van der Waals surface area contributed by atoms with Gasteiger partial charge in [-0.05, 0) is 85.0 Å². The van der Waals surface area contributed by atoms with Gasteiger partial charge in [-0.3, -0.25) is 14.4 Å². The first-order valence-corrected chi connectivity index (χ1v) is 15.1. The molecule has 0 aliphatic rings. The van der Waals surface area contributed by atoms with Crippen LogP contribution in [0, 0.1) is 12.3 Å². The number of rotatable bonds is 16. The Morgan fingerprint density at radius 2 is 1.49 bits per heavy atom. The smallest absolute Gasteiger partial charge is 0.323 e. The predicted molar refractivity (Wildman–Crippen MR) is 175 cm³/mol. The monoisotopic (exact) mass is 616 g/mol. The number of nitrogens with one attached hydrogen (secondary N) is 4. The highest BCUT2D eigenvalue weighted by atomic mass is 16.5. The van der Waals surface area contributed by atoms with E-state index in [1.807, 2.05) is 79.7 Å². The Hall–Kier alpha value is -4.86. The van der Waals surface area contributed by atoms with Gasteiger partial charge in [0.15, 0.2) is 0 Å². The van der Waals surface area contributed by atoms with Gasteiger partial charge in [-0.15, -0.1) is 0 Å². The molecule has 0 spiro atoms. The SMILES string of the molecule is COc1ccc(CCNC(=O)[C@H](CC(=O)O)NC(=O)CCC(C)(C)CCc2ccc(NC(=O)Nc3ccccc3C)cc2)cc1. The van der Waals surface area contributed by atoms with Crippen molar-refractivity contribution in [3.8, 4) is 5.75 Å². The lowest BCUT2D eigenvalue weighted by Gasteiger charge is -2.25. The summed E-state index contributed by atoms with van der Waals surface area (Å²) in [6, 6.07) is 21.2. The molecular weight excluding hydrogens is 572 g/mol. The van der Waals surface area contributed by atoms with Crippen molar-refractivity contribution in [2.45, 2.75) is 65.3 Å². The van der Waals surface area contributed by atoms with Gasteiger partial charge in [0, 0.05) is 24.3 Å². The zero-order valence-electron chi connectivity index (χ0n) is 26.4. The van der Waals surface area contributed by atoms with Crippen LogP contribution >= 0.6 is 0 Å². The topological polar surface area (TPSA) is 146 Å². The third-order valence-electron chi connectivity index (χ3n) is 7.63. The van der Waals surface area contributed by atoms with E-state index in [4.69, 9.17) is 4.74 Å². The first-order valence-electron chi connectivity index (χ1n) is 15.1. The van der Waals surface area contributed by atoms with Crippen LogP contribution in [0.5, 0.6) is 5.75 Å². The molecule has 0 unspecified atom stereocenters. The van der Waals surface area contributed by atoms with Gasteiger partial charge >= 0.3 is 12.0 Å². The summed E-state index contributed by atoms with van der Waals surface area (Å²) in [7, 11) is 1.59. The van der Waals surface area contributed by atoms with Gasteiger partial charge in [0.05, 0.1) is 13.5 Å². The third kappa shape index (κ3) is 12.3. The Morgan fingerprint density at radius 1 is 0.844 bits per heavy atom. The van der Waals surface area contributed by atoms with Crippen LogP contribution in [-0.4, -0.2) is 48.6 Å². The largest absolute Gasteiger partial charge is 0.497 e. The first-order chi connectivity index (χ1) is 21.4. The van der Waals surface area contributed by atoms with Crippen LogP contribution in [0.25, 0.3) is 0 Å². The fourth-order valence-electron chi connectivity index (χ4n) is 4.71. The number of carbonyl (C=O) groups excluding carboxylic acids is 3. The molecule has 10 heteroatoms. The van der Waals surface area contributed by atoms with Crippen molar-refractivity contribution in [3.63, 3.8) is 0 Å². The van der Waals surface area contributed by atoms with Gasteiger partial charge in [0.25, 0.3) is 0 Å². The van der Waals surface area contributed by atoms with Crippen molar-refractivity contribution in [3.05, 3.63) is 89.5 Å². The van der Waals surface area contributed by atoms with Crippen molar-refractivity contribution >= 4 is 35.2 Å². The molecule has 0 bridgehead atoms. The molecule has 0 fully saturated rings. The molecule has 5 N–H and O–H groups in total. The lowest BCUT2D eigenvalue weighted by molar-refractivity contribution is -0.140. The standard InChI is InChI=1S/C35H44N4O6/c1-24-7-5-6-8-29(24)39-34(44)37-27-13-9-25(10-14-27)17-20-35(2,3)21-18-31(40)38-30(23-32(41)42)33(43)36-22-19-26-11-15-28(45-4)16-12-26/h5-16,30H,17-23H2,1-4H3,(H,36,43)(H,38,40)(H,41,42)(H2,37,39,44)/t30-/m0/s1. The van der Waals surface area contributed by atoms with Crippen molar-refractivity contribution in [1.29, 1.82) is 0 Å². The average Bonchev–Trinajstić information content (AvgIpc) is 3.00. The van der Waals surface area contributed by atoms with Gasteiger partial charge in [0.1, 0.15) is 11.8 Å². The van der Waals surface area contributed by atoms with E-state index in [9.17, 15) is 24.3 Å². The van der Waals surface area contributed by atoms with Crippen molar-refractivity contribution in [2.24, 2.45) is 5.41 Å². The quantitative estimate of drug-likeness (QED) is 0.139. The van der Waals surface area contributed by atoms with Gasteiger partial charge < -0.3 is 31.1 Å². The summed E-state index contributed by atoms with van der Waals surface area (Å²) >= 11 is 0. The maximum absolute atomic E-state index is 12.7. The number of amides is 4. The predicted octanol–water partition coefficient (Wildman–Crippen LogP) is 5.71. The maximum atomic E-state index is 12.7. The summed E-state index contributed by atoms with van der Waals surface area (Å²) in [5.41, 5.74) is 4.33. The Labute approximate surface area is 265 Å². The van der Waals surface area contributed by atoms with E-state index in [1.54, 1.807) is 7.11 Å². The van der Waals surface area contributed by atoms with Gasteiger partial charge in [0.2, 0.25) is 11.8 Å². The summed E-state index contributed by atoms with van der Waals surface area (Å²) in [6.45, 7) is 6.39. The van der Waals surface area contributed by atoms with Crippen LogP contribution in [0.4, 0.5) is 16.2 Å². The third-order valence-corrected chi connectivity index (χ3v) is 7.63. The van der Waals surface area contributed by atoms with Crippen LogP contribution in [0.15, 0.2) is 72.8 Å². The van der Waals surface area contributed by atoms with Crippen molar-refractivity contribution in [2.75, 3.05) is 24.3 Å². The number of anilines is 2. The number of hydrogen-bond donors (Lipinski definition) is 5. The Kier molecular flexibility index (Phi) is 13.0. The molecule has 3 rings (SSSR count). The number of carboxylic acids is 1. The number of carboxylic acid groups (broad SMARTS) is 1. The molecule has 0 aromatic heterocycles. The van der Waals surface area contributed by atoms with Crippen molar-refractivity contribution < 1.29 is 29.0 Å². The molecule has 1 atom stereocenters. The molecule has 0 saturated heterocycles. The molecule has 0 radical (unpaired) electrons. The zero-order valence-corrected chi connectivity index (χ0v) is 26.4. The van der Waals surface area contributed by atoms with Gasteiger partial charge in [-0.25, -0.2) is 4.79 Å². The fraction of sp³-hybridized carbons (Fsp3) is 0.371. The Bertz CT molecular complexity index is 1440. The van der Waals surface area contributed by atoms with Crippen LogP contribution in [0.2, 0.25) is 0 Å². The van der Waals surface area contributed by atoms with E-state index in [2.05, 4.69) is 35.1 Å². The lowest BCUT2D eigenvalue weighted by atomic mass is 9.82. The number of hydrogen-bond acceptors (Lipinski definition) is 5. The second kappa shape index (κ2) is 16.8. The average molecular weight is 617 g/mol. The molecule has 240 valence electrons. The second-order valence-electron chi connectivity index (χ2n) is 11.9. The summed E-state index contributed by atoms with van der Waals surface area (Å²) in [6.07, 6.45) is 2.38. The number of carbonyl (C=O) groups is 4. The number of methoxy groups -OCH3 is 1. The number of ether oxygens (including phenoxy) is 1. The molecule has 0 aliphatic heterocycles. The van der Waals surface area contributed by atoms with E-state index in [1.165, 1.54) is 0 Å². The van der Waals surface area contributed by atoms with E-state index in [0.29, 0.717) is 25.1 Å². The number of aliphatic carboxylic acids is 1. The van der Waals surface area contributed by atoms with Crippen LogP contribution in [0.1, 0.15) is 56.2 Å². The maximum Gasteiger partial charge on any atom is 0.323 e. The van der Waals surface area contributed by atoms with Gasteiger partial charge in [-0.2, -0.15) is 0 Å². The molecule has 45 heavy (non-hydrogen) atoms. The minimum atomic E-state index is -1.17. The highest BCUT2D eigenvalue weighted by molar-refractivity contribution is 6.00. The molecule has 0 saturated carbocycles. The number of urea groups is 1. The number of benzene rings is 3. The molecule has 0 aliphatic carbocycles. The molecule has 3 aromatic rings. The molecule has 0 heterocycles. The first kappa shape index (κ1) is 34.6. The fourth-order valence-corrected chi connectivity index (χ4v) is 4.71. The highest BCUT2D eigenvalue weighted by Gasteiger charge is 2.25. The Morgan fingerprint density at radius 3 is 2.13 bits per heavy atom. The minimum absolute atomic E-state index is 0.168. The highest BCUT2D eigenvalue weighted by Crippen LogP contribution is 2.29. The Balaban J connectivity index is 1.41. The van der Waals surface area contributed by atoms with E-state index >= 15 is 0 Å². The number of para-hydroxylation sites is 1. The summed E-state index contributed by atoms with van der Waals surface area (Å²) in [5.74, 6) is -1.32. The minimum Gasteiger partial charge on any atom is -0.497 e. The summed E-state index contributed by atoms with van der Waals surface area (Å²) < 4.78 is 5.14. The molecular formula is C35H44N4O6. The van der Waals surface area contributed by atoms with Gasteiger partial charge in [-0.1, -0.05) is 56.3 Å². The van der Waals surface area contributed by atoms with Crippen LogP contribution in [0.3, 0.4) is 0 Å². The van der Waals surface area contributed by atoms with E-state index in [0.717, 1.165) is 41.0 Å². The van der Waals surface area contributed by atoms with Crippen molar-refractivity contribution in [1.82, 2.24) is 10.6 Å². The van der Waals surface area contributed by atoms with E-state index in [-0.39, 0.29) is 23.8 Å². The van der Waals surface area contributed by atoms with Crippen LogP contribution < -0.4 is 26.0 Å². The molecule has 4 amide bonds. The zero-order chi connectivity index (χ0) is 32.8. The van der Waals surface area contributed by atoms with Crippen LogP contribution in [-0.2, 0) is 27.2 Å². The number of aryl methyl sites for hydroxylation is 2. The molecule has 3 aromatic carbocycles. The summed E-state index contributed by atoms with van der Waals surface area (Å²) in [5, 5.41) is 20.3. The normalized spacial score (nSPS) is 11.6. The molecule has 10 nitrogen and oxygen atoms in total. The summed E-state index contributed by atoms with van der Waals surface area (Å²) in [4.78, 5) is 49.2.